The monoisotopic (exact) mass is 460 g/mol. The Kier molecular flexibility index (Phi) is 6.26. The average molecular weight is 461 g/mol. The minimum atomic E-state index is -0.163. The molecule has 0 atom stereocenters. The SMILES string of the molecule is O=C(CCCN1C(=O)/C(=C/c2ccc3c(c2)OCO3)SC1=S)Nc1ccccc1Cl. The lowest BCUT2D eigenvalue weighted by Crippen LogP contribution is -2.29. The maximum Gasteiger partial charge on any atom is 0.266 e. The van der Waals surface area contributed by atoms with E-state index in [1.807, 2.05) is 18.2 Å². The zero-order valence-corrected chi connectivity index (χ0v) is 18.1. The third kappa shape index (κ3) is 4.61. The van der Waals surface area contributed by atoms with Crippen molar-refractivity contribution in [2.75, 3.05) is 18.7 Å². The fourth-order valence-electron chi connectivity index (χ4n) is 3.02. The van der Waals surface area contributed by atoms with E-state index in [2.05, 4.69) is 5.32 Å². The first kappa shape index (κ1) is 20.7. The van der Waals surface area contributed by atoms with Crippen LogP contribution >= 0.6 is 35.6 Å². The van der Waals surface area contributed by atoms with Crippen LogP contribution in [0.3, 0.4) is 0 Å². The van der Waals surface area contributed by atoms with E-state index < -0.39 is 0 Å². The first-order valence-corrected chi connectivity index (χ1v) is 10.8. The van der Waals surface area contributed by atoms with Gasteiger partial charge in [0.2, 0.25) is 12.7 Å². The van der Waals surface area contributed by atoms with Gasteiger partial charge in [-0.25, -0.2) is 0 Å². The molecule has 9 heteroatoms. The molecule has 2 amide bonds. The average Bonchev–Trinajstić information content (AvgIpc) is 3.29. The summed E-state index contributed by atoms with van der Waals surface area (Å²) in [5, 5.41) is 3.26. The lowest BCUT2D eigenvalue weighted by Gasteiger charge is -2.14. The van der Waals surface area contributed by atoms with Gasteiger partial charge in [-0.2, -0.15) is 0 Å². The predicted molar refractivity (Wildman–Crippen MR) is 122 cm³/mol. The van der Waals surface area contributed by atoms with Crippen molar-refractivity contribution in [1.82, 2.24) is 4.90 Å². The number of carbonyl (C=O) groups is 2. The van der Waals surface area contributed by atoms with Crippen LogP contribution in [0.1, 0.15) is 18.4 Å². The molecule has 0 aliphatic carbocycles. The molecule has 4 rings (SSSR count). The van der Waals surface area contributed by atoms with Gasteiger partial charge in [0, 0.05) is 13.0 Å². The summed E-state index contributed by atoms with van der Waals surface area (Å²) in [5.41, 5.74) is 1.40. The molecule has 2 heterocycles. The number of hydrogen-bond donors (Lipinski definition) is 1. The number of carbonyl (C=O) groups excluding carboxylic acids is 2. The summed E-state index contributed by atoms with van der Waals surface area (Å²) in [4.78, 5) is 27.0. The number of benzene rings is 2. The zero-order chi connectivity index (χ0) is 21.1. The number of rotatable bonds is 6. The van der Waals surface area contributed by atoms with E-state index in [0.29, 0.717) is 44.4 Å². The Balaban J connectivity index is 1.33. The highest BCUT2D eigenvalue weighted by atomic mass is 35.5. The molecule has 6 nitrogen and oxygen atoms in total. The van der Waals surface area contributed by atoms with Crippen molar-refractivity contribution in [3.8, 4) is 11.5 Å². The van der Waals surface area contributed by atoms with Gasteiger partial charge in [-0.15, -0.1) is 0 Å². The van der Waals surface area contributed by atoms with Crippen LogP contribution in [-0.2, 0) is 9.59 Å². The molecule has 1 fully saturated rings. The number of para-hydroxylation sites is 1. The summed E-state index contributed by atoms with van der Waals surface area (Å²) in [5.74, 6) is 1.03. The van der Waals surface area contributed by atoms with Crippen LogP contribution in [0.25, 0.3) is 6.08 Å². The van der Waals surface area contributed by atoms with Gasteiger partial charge < -0.3 is 14.8 Å². The molecule has 2 aromatic rings. The minimum absolute atomic E-state index is 0.158. The second kappa shape index (κ2) is 9.07. The highest BCUT2D eigenvalue weighted by Gasteiger charge is 2.31. The lowest BCUT2D eigenvalue weighted by molar-refractivity contribution is -0.122. The Morgan fingerprint density at radius 1 is 1.23 bits per heavy atom. The van der Waals surface area contributed by atoms with Crippen molar-refractivity contribution >= 4 is 63.5 Å². The highest BCUT2D eigenvalue weighted by molar-refractivity contribution is 8.26. The fraction of sp³-hybridized carbons (Fsp3) is 0.190. The zero-order valence-electron chi connectivity index (χ0n) is 15.7. The van der Waals surface area contributed by atoms with Crippen molar-refractivity contribution in [2.24, 2.45) is 0 Å². The van der Waals surface area contributed by atoms with Gasteiger partial charge in [0.1, 0.15) is 4.32 Å². The summed E-state index contributed by atoms with van der Waals surface area (Å²) in [7, 11) is 0. The van der Waals surface area contributed by atoms with Crippen LogP contribution in [0.5, 0.6) is 11.5 Å². The fourth-order valence-corrected chi connectivity index (χ4v) is 4.51. The van der Waals surface area contributed by atoms with Crippen molar-refractivity contribution in [3.05, 3.63) is 58.0 Å². The van der Waals surface area contributed by atoms with E-state index in [1.54, 1.807) is 30.3 Å². The maximum absolute atomic E-state index is 12.7. The summed E-state index contributed by atoms with van der Waals surface area (Å²) >= 11 is 12.7. The maximum atomic E-state index is 12.7. The lowest BCUT2D eigenvalue weighted by atomic mass is 10.2. The number of halogens is 1. The van der Waals surface area contributed by atoms with E-state index in [4.69, 9.17) is 33.3 Å². The van der Waals surface area contributed by atoms with Crippen LogP contribution in [0.2, 0.25) is 5.02 Å². The number of hydrogen-bond acceptors (Lipinski definition) is 6. The summed E-state index contributed by atoms with van der Waals surface area (Å²) in [6.45, 7) is 0.573. The molecule has 2 aromatic carbocycles. The number of ether oxygens (including phenoxy) is 2. The standard InChI is InChI=1S/C21H17ClN2O4S2/c22-14-4-1-2-5-15(14)23-19(25)6-3-9-24-20(26)18(30-21(24)29)11-13-7-8-16-17(10-13)28-12-27-16/h1-2,4-5,7-8,10-11H,3,6,9,12H2,(H,23,25)/b18-11-. The summed E-state index contributed by atoms with van der Waals surface area (Å²) in [6.07, 6.45) is 2.52. The summed E-state index contributed by atoms with van der Waals surface area (Å²) in [6, 6.07) is 12.5. The molecule has 0 bridgehead atoms. The van der Waals surface area contributed by atoms with Gasteiger partial charge in [-0.05, 0) is 42.3 Å². The van der Waals surface area contributed by atoms with Crippen molar-refractivity contribution in [2.45, 2.75) is 12.8 Å². The third-order valence-corrected chi connectivity index (χ3v) is 6.21. The number of anilines is 1. The number of thiocarbonyl (C=S) groups is 1. The Morgan fingerprint density at radius 3 is 2.87 bits per heavy atom. The van der Waals surface area contributed by atoms with E-state index >= 15 is 0 Å². The largest absolute Gasteiger partial charge is 0.454 e. The van der Waals surface area contributed by atoms with Crippen LogP contribution in [-0.4, -0.2) is 34.4 Å². The molecular weight excluding hydrogens is 444 g/mol. The van der Waals surface area contributed by atoms with Crippen LogP contribution in [0.4, 0.5) is 5.69 Å². The first-order chi connectivity index (χ1) is 14.5. The molecule has 0 radical (unpaired) electrons. The van der Waals surface area contributed by atoms with Gasteiger partial charge in [-0.3, -0.25) is 14.5 Å². The molecular formula is C21H17ClN2O4S2. The van der Waals surface area contributed by atoms with E-state index in [-0.39, 0.29) is 25.0 Å². The van der Waals surface area contributed by atoms with Crippen molar-refractivity contribution < 1.29 is 19.1 Å². The Bertz CT molecular complexity index is 1060. The normalized spacial score (nSPS) is 16.4. The predicted octanol–water partition coefficient (Wildman–Crippen LogP) is 4.69. The smallest absolute Gasteiger partial charge is 0.266 e. The van der Waals surface area contributed by atoms with Gasteiger partial charge in [-0.1, -0.05) is 53.8 Å². The van der Waals surface area contributed by atoms with E-state index in [1.165, 1.54) is 16.7 Å². The Morgan fingerprint density at radius 2 is 2.03 bits per heavy atom. The van der Waals surface area contributed by atoms with Gasteiger partial charge in [0.25, 0.3) is 5.91 Å². The topological polar surface area (TPSA) is 67.9 Å². The number of amides is 2. The molecule has 2 aliphatic rings. The molecule has 1 N–H and O–H groups in total. The molecule has 154 valence electrons. The molecule has 2 aliphatic heterocycles. The Labute approximate surface area is 188 Å². The molecule has 0 saturated carbocycles. The molecule has 30 heavy (non-hydrogen) atoms. The van der Waals surface area contributed by atoms with E-state index in [9.17, 15) is 9.59 Å². The van der Waals surface area contributed by atoms with Gasteiger partial charge in [0.05, 0.1) is 15.6 Å². The molecule has 0 aromatic heterocycles. The molecule has 0 spiro atoms. The van der Waals surface area contributed by atoms with Crippen molar-refractivity contribution in [3.63, 3.8) is 0 Å². The number of thioether (sulfide) groups is 1. The number of nitrogens with zero attached hydrogens (tertiary/aromatic N) is 1. The number of fused-ring (bicyclic) bond motifs is 1. The second-order valence-electron chi connectivity index (χ2n) is 6.58. The van der Waals surface area contributed by atoms with Gasteiger partial charge >= 0.3 is 0 Å². The van der Waals surface area contributed by atoms with Crippen LogP contribution in [0.15, 0.2) is 47.4 Å². The molecule has 0 unspecified atom stereocenters. The Hall–Kier alpha value is -2.55. The summed E-state index contributed by atoms with van der Waals surface area (Å²) < 4.78 is 11.2. The van der Waals surface area contributed by atoms with Crippen LogP contribution in [0, 0.1) is 0 Å². The second-order valence-corrected chi connectivity index (χ2v) is 8.66. The third-order valence-electron chi connectivity index (χ3n) is 4.50. The number of nitrogens with one attached hydrogen (secondary N) is 1. The quantitative estimate of drug-likeness (QED) is 0.498. The molecule has 1 saturated heterocycles. The minimum Gasteiger partial charge on any atom is -0.454 e. The van der Waals surface area contributed by atoms with E-state index in [0.717, 1.165) is 5.56 Å². The van der Waals surface area contributed by atoms with Gasteiger partial charge in [0.15, 0.2) is 11.5 Å². The highest BCUT2D eigenvalue weighted by Crippen LogP contribution is 2.36. The van der Waals surface area contributed by atoms with Crippen molar-refractivity contribution in [1.29, 1.82) is 0 Å². The van der Waals surface area contributed by atoms with Crippen LogP contribution < -0.4 is 14.8 Å². The first-order valence-electron chi connectivity index (χ1n) is 9.20.